The molecule has 0 fully saturated rings. The summed E-state index contributed by atoms with van der Waals surface area (Å²) >= 11 is 12.9. The van der Waals surface area contributed by atoms with E-state index in [4.69, 9.17) is 27.9 Å². The fourth-order valence-electron chi connectivity index (χ4n) is 4.39. The molecule has 1 atom stereocenters. The van der Waals surface area contributed by atoms with E-state index in [1.807, 2.05) is 30.3 Å². The van der Waals surface area contributed by atoms with E-state index >= 15 is 0 Å². The topological polar surface area (TPSA) is 96.0 Å². The summed E-state index contributed by atoms with van der Waals surface area (Å²) in [4.78, 5) is 28.4. The number of sulfonamides is 1. The molecule has 3 aromatic carbocycles. The van der Waals surface area contributed by atoms with Crippen molar-refractivity contribution in [3.63, 3.8) is 0 Å². The second-order valence-electron chi connectivity index (χ2n) is 9.15. The zero-order chi connectivity index (χ0) is 29.3. The minimum atomic E-state index is -3.67. The molecule has 0 spiro atoms. The van der Waals surface area contributed by atoms with Crippen LogP contribution in [0.2, 0.25) is 10.0 Å². The van der Waals surface area contributed by atoms with Gasteiger partial charge in [0.15, 0.2) is 0 Å². The molecular formula is C29H33Cl2N3O5S. The normalized spacial score (nSPS) is 11.9. The van der Waals surface area contributed by atoms with Gasteiger partial charge in [-0.3, -0.25) is 13.9 Å². The molecule has 0 aromatic heterocycles. The third kappa shape index (κ3) is 8.13. The first-order chi connectivity index (χ1) is 19.1. The van der Waals surface area contributed by atoms with Crippen molar-refractivity contribution in [2.45, 2.75) is 31.8 Å². The van der Waals surface area contributed by atoms with Gasteiger partial charge in [-0.2, -0.15) is 0 Å². The zero-order valence-electron chi connectivity index (χ0n) is 22.6. The summed E-state index contributed by atoms with van der Waals surface area (Å²) in [6, 6.07) is 20.4. The largest absolute Gasteiger partial charge is 0.495 e. The van der Waals surface area contributed by atoms with Crippen LogP contribution >= 0.6 is 23.2 Å². The van der Waals surface area contributed by atoms with Gasteiger partial charge in [-0.1, -0.05) is 71.7 Å². The number of para-hydroxylation sites is 2. The van der Waals surface area contributed by atoms with E-state index in [9.17, 15) is 18.0 Å². The Morgan fingerprint density at radius 1 is 0.950 bits per heavy atom. The second kappa shape index (κ2) is 14.4. The van der Waals surface area contributed by atoms with E-state index in [1.54, 1.807) is 42.5 Å². The number of hydrogen-bond donors (Lipinski definition) is 1. The Bertz CT molecular complexity index is 1400. The maximum absolute atomic E-state index is 13.8. The number of halogens is 2. The molecule has 40 heavy (non-hydrogen) atoms. The van der Waals surface area contributed by atoms with E-state index in [0.29, 0.717) is 27.0 Å². The van der Waals surface area contributed by atoms with Crippen LogP contribution in [0.25, 0.3) is 0 Å². The van der Waals surface area contributed by atoms with Crippen molar-refractivity contribution in [2.24, 2.45) is 0 Å². The van der Waals surface area contributed by atoms with Gasteiger partial charge >= 0.3 is 0 Å². The number of carbonyl (C=O) groups is 2. The Balaban J connectivity index is 1.90. The maximum Gasteiger partial charge on any atom is 0.242 e. The van der Waals surface area contributed by atoms with E-state index in [2.05, 4.69) is 5.32 Å². The second-order valence-corrected chi connectivity index (χ2v) is 11.9. The van der Waals surface area contributed by atoms with Crippen molar-refractivity contribution in [3.8, 4) is 5.75 Å². The number of anilines is 1. The van der Waals surface area contributed by atoms with Gasteiger partial charge in [0.1, 0.15) is 11.8 Å². The maximum atomic E-state index is 13.8. The lowest BCUT2D eigenvalue weighted by Gasteiger charge is -2.32. The number of likely N-dealkylation sites (N-methyl/N-ethyl adjacent to an activating group) is 1. The number of ether oxygens (including phenoxy) is 1. The van der Waals surface area contributed by atoms with Crippen LogP contribution in [0.4, 0.5) is 5.69 Å². The molecule has 1 N–H and O–H groups in total. The molecule has 0 aliphatic carbocycles. The Hall–Kier alpha value is -3.27. The number of methoxy groups -OCH3 is 1. The quantitative estimate of drug-likeness (QED) is 0.298. The van der Waals surface area contributed by atoms with Gasteiger partial charge in [-0.05, 0) is 36.2 Å². The third-order valence-corrected chi connectivity index (χ3v) is 8.30. The van der Waals surface area contributed by atoms with Crippen molar-refractivity contribution in [1.29, 1.82) is 0 Å². The Morgan fingerprint density at radius 2 is 1.57 bits per heavy atom. The molecule has 11 heteroatoms. The molecular weight excluding hydrogens is 573 g/mol. The molecule has 2 amide bonds. The SMILES string of the molecule is CNC(=O)[C@H](Cc1ccccc1)N(Cc1c(Cl)cccc1Cl)C(=O)CCCN(c1ccccc1OC)S(C)(=O)=O. The standard InChI is InChI=1S/C29H33Cl2N3O5S/c1-32-29(36)26(19-21-11-5-4-6-12-21)33(20-22-23(30)13-9-14-24(22)31)28(35)17-10-18-34(40(3,37)38)25-15-7-8-16-27(25)39-2/h4-9,11-16,26H,10,17-20H2,1-3H3,(H,32,36)/t26-/m0/s1. The summed E-state index contributed by atoms with van der Waals surface area (Å²) < 4.78 is 31.9. The smallest absolute Gasteiger partial charge is 0.242 e. The molecule has 214 valence electrons. The summed E-state index contributed by atoms with van der Waals surface area (Å²) in [7, 11) is -0.692. The van der Waals surface area contributed by atoms with E-state index < -0.39 is 16.1 Å². The molecule has 8 nitrogen and oxygen atoms in total. The number of rotatable bonds is 13. The van der Waals surface area contributed by atoms with Crippen LogP contribution in [0.1, 0.15) is 24.0 Å². The summed E-state index contributed by atoms with van der Waals surface area (Å²) in [6.45, 7) is 0.0412. The minimum Gasteiger partial charge on any atom is -0.495 e. The zero-order valence-corrected chi connectivity index (χ0v) is 25.0. The van der Waals surface area contributed by atoms with Gasteiger partial charge in [0.25, 0.3) is 0 Å². The van der Waals surface area contributed by atoms with E-state index in [0.717, 1.165) is 11.8 Å². The van der Waals surface area contributed by atoms with Crippen LogP contribution in [-0.2, 0) is 32.6 Å². The molecule has 0 aliphatic heterocycles. The highest BCUT2D eigenvalue weighted by Crippen LogP contribution is 2.30. The molecule has 3 aromatic rings. The van der Waals surface area contributed by atoms with Crippen molar-refractivity contribution >= 4 is 50.7 Å². The van der Waals surface area contributed by atoms with Crippen molar-refractivity contribution in [2.75, 3.05) is 31.3 Å². The van der Waals surface area contributed by atoms with Gasteiger partial charge < -0.3 is 15.0 Å². The number of nitrogens with one attached hydrogen (secondary N) is 1. The van der Waals surface area contributed by atoms with Crippen molar-refractivity contribution in [1.82, 2.24) is 10.2 Å². The lowest BCUT2D eigenvalue weighted by molar-refractivity contribution is -0.141. The molecule has 0 radical (unpaired) electrons. The monoisotopic (exact) mass is 605 g/mol. The van der Waals surface area contributed by atoms with Crippen LogP contribution in [0.15, 0.2) is 72.8 Å². The molecule has 0 saturated heterocycles. The fourth-order valence-corrected chi connectivity index (χ4v) is 5.88. The first-order valence-corrected chi connectivity index (χ1v) is 15.3. The minimum absolute atomic E-state index is 0.00452. The van der Waals surface area contributed by atoms with E-state index in [1.165, 1.54) is 23.4 Å². The molecule has 0 saturated carbocycles. The molecule has 0 unspecified atom stereocenters. The van der Waals surface area contributed by atoms with Crippen molar-refractivity contribution in [3.05, 3.63) is 94.0 Å². The third-order valence-electron chi connectivity index (χ3n) is 6.41. The lowest BCUT2D eigenvalue weighted by Crippen LogP contribution is -2.50. The fraction of sp³-hybridized carbons (Fsp3) is 0.310. The van der Waals surface area contributed by atoms with Crippen molar-refractivity contribution < 1.29 is 22.7 Å². The van der Waals surface area contributed by atoms with Gasteiger partial charge in [-0.15, -0.1) is 0 Å². The van der Waals surface area contributed by atoms with Crippen LogP contribution in [0, 0.1) is 0 Å². The first-order valence-electron chi connectivity index (χ1n) is 12.7. The number of hydrogen-bond acceptors (Lipinski definition) is 5. The number of amides is 2. The molecule has 0 heterocycles. The summed E-state index contributed by atoms with van der Waals surface area (Å²) in [5.41, 5.74) is 1.78. The predicted molar refractivity (Wildman–Crippen MR) is 159 cm³/mol. The van der Waals surface area contributed by atoms with Gasteiger partial charge in [0.2, 0.25) is 21.8 Å². The number of nitrogens with zero attached hydrogens (tertiary/aromatic N) is 2. The summed E-state index contributed by atoms with van der Waals surface area (Å²) in [6.07, 6.45) is 1.55. The van der Waals surface area contributed by atoms with Crippen LogP contribution < -0.4 is 14.4 Å². The van der Waals surface area contributed by atoms with Crippen LogP contribution in [0.5, 0.6) is 5.75 Å². The predicted octanol–water partition coefficient (Wildman–Crippen LogP) is 4.93. The summed E-state index contributed by atoms with van der Waals surface area (Å²) in [5.74, 6) is -0.280. The highest BCUT2D eigenvalue weighted by molar-refractivity contribution is 7.92. The average Bonchev–Trinajstić information content (AvgIpc) is 2.93. The lowest BCUT2D eigenvalue weighted by atomic mass is 10.0. The molecule has 0 bridgehead atoms. The van der Waals surface area contributed by atoms with Gasteiger partial charge in [-0.25, -0.2) is 8.42 Å². The van der Waals surface area contributed by atoms with E-state index in [-0.39, 0.29) is 44.2 Å². The number of benzene rings is 3. The number of carbonyl (C=O) groups excluding carboxylic acids is 2. The Morgan fingerprint density at radius 3 is 2.17 bits per heavy atom. The van der Waals surface area contributed by atoms with Crippen LogP contribution in [0.3, 0.4) is 0 Å². The van der Waals surface area contributed by atoms with Gasteiger partial charge in [0, 0.05) is 48.6 Å². The van der Waals surface area contributed by atoms with Gasteiger partial charge in [0.05, 0.1) is 19.1 Å². The van der Waals surface area contributed by atoms with Crippen LogP contribution in [-0.4, -0.2) is 58.1 Å². The molecule has 0 aliphatic rings. The Kier molecular flexibility index (Phi) is 11.2. The highest BCUT2D eigenvalue weighted by atomic mass is 35.5. The average molecular weight is 607 g/mol. The molecule has 3 rings (SSSR count). The Labute approximate surface area is 245 Å². The summed E-state index contributed by atoms with van der Waals surface area (Å²) in [5, 5.41) is 3.41. The highest BCUT2D eigenvalue weighted by Gasteiger charge is 2.31. The first kappa shape index (κ1) is 31.3.